The van der Waals surface area contributed by atoms with E-state index in [9.17, 15) is 4.79 Å². The smallest absolute Gasteiger partial charge is 0.133 e. The van der Waals surface area contributed by atoms with Crippen molar-refractivity contribution in [2.24, 2.45) is 10.8 Å². The van der Waals surface area contributed by atoms with Crippen LogP contribution in [0.1, 0.15) is 106 Å². The third-order valence-corrected chi connectivity index (χ3v) is 3.61. The number of hydrogen-bond acceptors (Lipinski definition) is 1. The van der Waals surface area contributed by atoms with Gasteiger partial charge in [0, 0.05) is 12.8 Å². The average Bonchev–Trinajstić information content (AvgIpc) is 2.22. The molecule has 0 aliphatic heterocycles. The second kappa shape index (κ2) is 9.58. The molecule has 0 rings (SSSR count). The topological polar surface area (TPSA) is 17.1 Å². The first-order valence-corrected chi connectivity index (χ1v) is 8.62. The van der Waals surface area contributed by atoms with Gasteiger partial charge in [0.15, 0.2) is 0 Å². The molecule has 0 amide bonds. The van der Waals surface area contributed by atoms with E-state index in [-0.39, 0.29) is 5.41 Å². The lowest BCUT2D eigenvalue weighted by atomic mass is 9.88. The molecule has 0 atom stereocenters. The van der Waals surface area contributed by atoms with Gasteiger partial charge < -0.3 is 0 Å². The van der Waals surface area contributed by atoms with Crippen LogP contribution < -0.4 is 0 Å². The highest BCUT2D eigenvalue weighted by atomic mass is 16.1. The van der Waals surface area contributed by atoms with Crippen molar-refractivity contribution in [3.63, 3.8) is 0 Å². The van der Waals surface area contributed by atoms with Gasteiger partial charge in [-0.15, -0.1) is 0 Å². The highest BCUT2D eigenvalue weighted by molar-refractivity contribution is 5.78. The highest BCUT2D eigenvalue weighted by Gasteiger charge is 2.15. The first-order valence-electron chi connectivity index (χ1n) is 8.62. The van der Waals surface area contributed by atoms with Crippen LogP contribution in [0.3, 0.4) is 0 Å². The fourth-order valence-corrected chi connectivity index (χ4v) is 2.54. The molecule has 0 aromatic carbocycles. The molecule has 0 aliphatic carbocycles. The molecular weight excluding hydrogens is 244 g/mol. The number of unbranched alkanes of at least 4 members (excludes halogenated alkanes) is 6. The maximum atomic E-state index is 11.7. The first kappa shape index (κ1) is 19.7. The summed E-state index contributed by atoms with van der Waals surface area (Å²) in [5.74, 6) is 0.447. The van der Waals surface area contributed by atoms with Crippen molar-refractivity contribution in [1.29, 1.82) is 0 Å². The summed E-state index contributed by atoms with van der Waals surface area (Å²) in [5.41, 5.74) is 0.650. The molecule has 0 fully saturated rings. The third kappa shape index (κ3) is 15.7. The molecule has 1 heteroatoms. The number of carbonyl (C=O) groups is 1. The Morgan fingerprint density at radius 2 is 1.10 bits per heavy atom. The van der Waals surface area contributed by atoms with E-state index in [0.717, 1.165) is 19.3 Å². The largest absolute Gasteiger partial charge is 0.300 e. The maximum Gasteiger partial charge on any atom is 0.133 e. The van der Waals surface area contributed by atoms with Crippen LogP contribution in [-0.2, 0) is 4.79 Å². The lowest BCUT2D eigenvalue weighted by Gasteiger charge is -2.17. The van der Waals surface area contributed by atoms with Crippen molar-refractivity contribution in [3.8, 4) is 0 Å². The average molecular weight is 283 g/mol. The van der Waals surface area contributed by atoms with Gasteiger partial charge in [-0.25, -0.2) is 0 Å². The van der Waals surface area contributed by atoms with E-state index >= 15 is 0 Å². The summed E-state index contributed by atoms with van der Waals surface area (Å²) in [6, 6.07) is 0. The summed E-state index contributed by atoms with van der Waals surface area (Å²) in [7, 11) is 0. The molecule has 0 unspecified atom stereocenters. The maximum absolute atomic E-state index is 11.7. The lowest BCUT2D eigenvalue weighted by Crippen LogP contribution is -2.12. The number of carbonyl (C=O) groups excluding carboxylic acids is 1. The first-order chi connectivity index (χ1) is 9.10. The second-order valence-corrected chi connectivity index (χ2v) is 8.81. The highest BCUT2D eigenvalue weighted by Crippen LogP contribution is 2.23. The van der Waals surface area contributed by atoms with E-state index in [4.69, 9.17) is 0 Å². The molecular formula is C19H38O. The fourth-order valence-electron chi connectivity index (χ4n) is 2.54. The zero-order valence-corrected chi connectivity index (χ0v) is 15.0. The van der Waals surface area contributed by atoms with Crippen molar-refractivity contribution < 1.29 is 4.79 Å². The van der Waals surface area contributed by atoms with E-state index in [1.807, 2.05) is 0 Å². The van der Waals surface area contributed by atoms with E-state index in [1.165, 1.54) is 44.9 Å². The lowest BCUT2D eigenvalue weighted by molar-refractivity contribution is -0.120. The zero-order chi connectivity index (χ0) is 15.6. The van der Waals surface area contributed by atoms with Crippen LogP contribution >= 0.6 is 0 Å². The van der Waals surface area contributed by atoms with Crippen molar-refractivity contribution in [1.82, 2.24) is 0 Å². The summed E-state index contributed by atoms with van der Waals surface area (Å²) in [6.45, 7) is 13.4. The second-order valence-electron chi connectivity index (χ2n) is 8.81. The van der Waals surface area contributed by atoms with Gasteiger partial charge in [0.25, 0.3) is 0 Å². The zero-order valence-electron chi connectivity index (χ0n) is 15.0. The van der Waals surface area contributed by atoms with Crippen LogP contribution in [0.4, 0.5) is 0 Å². The number of ketones is 1. The van der Waals surface area contributed by atoms with Gasteiger partial charge in [-0.2, -0.15) is 0 Å². The van der Waals surface area contributed by atoms with Crippen LogP contribution in [-0.4, -0.2) is 5.78 Å². The van der Waals surface area contributed by atoms with Gasteiger partial charge in [-0.05, 0) is 23.7 Å². The molecule has 0 heterocycles. The normalized spacial score (nSPS) is 12.7. The van der Waals surface area contributed by atoms with Gasteiger partial charge in [-0.3, -0.25) is 4.79 Å². The van der Waals surface area contributed by atoms with Crippen LogP contribution in [0.2, 0.25) is 0 Å². The van der Waals surface area contributed by atoms with Crippen molar-refractivity contribution >= 4 is 5.78 Å². The Labute approximate surface area is 127 Å². The van der Waals surface area contributed by atoms with Gasteiger partial charge in [-0.1, -0.05) is 80.1 Å². The van der Waals surface area contributed by atoms with E-state index in [1.54, 1.807) is 0 Å². The fraction of sp³-hybridized carbons (Fsp3) is 0.947. The van der Waals surface area contributed by atoms with Crippen molar-refractivity contribution in [2.45, 2.75) is 106 Å². The predicted molar refractivity (Wildman–Crippen MR) is 90.1 cm³/mol. The van der Waals surface area contributed by atoms with Crippen LogP contribution in [0.15, 0.2) is 0 Å². The van der Waals surface area contributed by atoms with E-state index in [2.05, 4.69) is 41.5 Å². The quantitative estimate of drug-likeness (QED) is 0.415. The standard InChI is InChI=1S/C19H38O/c1-18(2,3)15-13-11-9-7-8-10-12-14-17(20)16-19(4,5)6/h7-16H2,1-6H3. The number of hydrogen-bond donors (Lipinski definition) is 0. The van der Waals surface area contributed by atoms with E-state index in [0.29, 0.717) is 11.2 Å². The Morgan fingerprint density at radius 3 is 1.55 bits per heavy atom. The number of rotatable bonds is 10. The van der Waals surface area contributed by atoms with Gasteiger partial charge in [0.05, 0.1) is 0 Å². The van der Waals surface area contributed by atoms with Gasteiger partial charge in [0.1, 0.15) is 5.78 Å². The molecule has 0 spiro atoms. The Morgan fingerprint density at radius 1 is 0.650 bits per heavy atom. The Balaban J connectivity index is 3.31. The Bertz CT molecular complexity index is 252. The summed E-state index contributed by atoms with van der Waals surface area (Å²) in [4.78, 5) is 11.7. The summed E-state index contributed by atoms with van der Waals surface area (Å²) >= 11 is 0. The molecule has 1 nitrogen and oxygen atoms in total. The molecule has 0 bridgehead atoms. The third-order valence-electron chi connectivity index (χ3n) is 3.61. The molecule has 120 valence electrons. The predicted octanol–water partition coefficient (Wildman–Crippen LogP) is 6.55. The molecule has 0 aromatic heterocycles. The Hall–Kier alpha value is -0.330. The minimum absolute atomic E-state index is 0.157. The molecule has 0 aromatic rings. The van der Waals surface area contributed by atoms with Crippen LogP contribution in [0, 0.1) is 10.8 Å². The minimum Gasteiger partial charge on any atom is -0.300 e. The van der Waals surface area contributed by atoms with Crippen molar-refractivity contribution in [3.05, 3.63) is 0 Å². The van der Waals surface area contributed by atoms with Gasteiger partial charge >= 0.3 is 0 Å². The van der Waals surface area contributed by atoms with Crippen LogP contribution in [0.25, 0.3) is 0 Å². The van der Waals surface area contributed by atoms with E-state index < -0.39 is 0 Å². The molecule has 0 aliphatic rings. The minimum atomic E-state index is 0.157. The van der Waals surface area contributed by atoms with Crippen LogP contribution in [0.5, 0.6) is 0 Å². The Kier molecular flexibility index (Phi) is 9.42. The van der Waals surface area contributed by atoms with Gasteiger partial charge in [0.2, 0.25) is 0 Å². The summed E-state index contributed by atoms with van der Waals surface area (Å²) < 4.78 is 0. The molecule has 0 saturated heterocycles. The molecule has 0 radical (unpaired) electrons. The molecule has 0 N–H and O–H groups in total. The summed E-state index contributed by atoms with van der Waals surface area (Å²) in [5, 5.41) is 0. The molecule has 20 heavy (non-hydrogen) atoms. The monoisotopic (exact) mass is 282 g/mol. The molecule has 0 saturated carbocycles. The SMILES string of the molecule is CC(C)(C)CCCCCCCCCC(=O)CC(C)(C)C. The number of Topliss-reactive ketones (excluding diaryl/α,β-unsaturated/α-hetero) is 1. The summed E-state index contributed by atoms with van der Waals surface area (Å²) in [6.07, 6.45) is 12.0. The van der Waals surface area contributed by atoms with Crippen molar-refractivity contribution in [2.75, 3.05) is 0 Å².